The highest BCUT2D eigenvalue weighted by atomic mass is 16.4. The van der Waals surface area contributed by atoms with Crippen molar-refractivity contribution in [1.29, 1.82) is 0 Å². The van der Waals surface area contributed by atoms with Crippen molar-refractivity contribution < 1.29 is 19.8 Å². The minimum atomic E-state index is -0.962. The van der Waals surface area contributed by atoms with Crippen LogP contribution in [-0.2, 0) is 0 Å². The van der Waals surface area contributed by atoms with Gasteiger partial charge in [0, 0.05) is 12.3 Å². The minimum Gasteiger partial charge on any atom is -0.478 e. The highest BCUT2D eigenvalue weighted by Crippen LogP contribution is 2.36. The lowest BCUT2D eigenvalue weighted by Gasteiger charge is -2.24. The molecule has 0 aliphatic carbocycles. The molecule has 2 atom stereocenters. The monoisotopic (exact) mass is 398 g/mol. The predicted octanol–water partition coefficient (Wildman–Crippen LogP) is 5.41. The van der Waals surface area contributed by atoms with Crippen molar-refractivity contribution in [2.75, 3.05) is 0 Å². The Morgan fingerprint density at radius 2 is 1.20 bits per heavy atom. The maximum absolute atomic E-state index is 11.2. The number of hydrogen-bond donors (Lipinski definition) is 2. The Labute approximate surface area is 175 Å². The van der Waals surface area contributed by atoms with Crippen LogP contribution in [0.25, 0.3) is 0 Å². The van der Waals surface area contributed by atoms with E-state index in [-0.39, 0.29) is 23.0 Å². The van der Waals surface area contributed by atoms with Crippen LogP contribution in [0.2, 0.25) is 0 Å². The summed E-state index contributed by atoms with van der Waals surface area (Å²) in [6.07, 6.45) is 6.87. The summed E-state index contributed by atoms with van der Waals surface area (Å²) < 4.78 is 0. The lowest BCUT2D eigenvalue weighted by Crippen LogP contribution is -2.09. The first-order chi connectivity index (χ1) is 14.5. The van der Waals surface area contributed by atoms with Crippen LogP contribution in [-0.4, -0.2) is 22.2 Å². The molecule has 2 N–H and O–H groups in total. The van der Waals surface area contributed by atoms with Crippen LogP contribution in [0.3, 0.4) is 0 Å². The highest BCUT2D eigenvalue weighted by Gasteiger charge is 2.21. The van der Waals surface area contributed by atoms with E-state index in [1.54, 1.807) is 24.3 Å². The van der Waals surface area contributed by atoms with E-state index in [9.17, 15) is 14.7 Å². The summed E-state index contributed by atoms with van der Waals surface area (Å²) in [6.45, 7) is 0. The molecule has 0 bridgehead atoms. The van der Waals surface area contributed by atoms with Crippen molar-refractivity contribution in [3.8, 4) is 12.3 Å². The van der Waals surface area contributed by atoms with E-state index < -0.39 is 11.9 Å². The van der Waals surface area contributed by atoms with E-state index in [4.69, 9.17) is 11.5 Å². The van der Waals surface area contributed by atoms with Gasteiger partial charge in [-0.3, -0.25) is 0 Å². The van der Waals surface area contributed by atoms with Gasteiger partial charge in [0.05, 0.1) is 11.1 Å². The molecule has 3 aromatic rings. The second-order valence-corrected chi connectivity index (χ2v) is 7.16. The molecule has 4 nitrogen and oxygen atoms in total. The normalized spacial score (nSPS) is 12.5. The summed E-state index contributed by atoms with van der Waals surface area (Å²) in [4.78, 5) is 22.4. The maximum Gasteiger partial charge on any atom is 0.335 e. The van der Waals surface area contributed by atoms with Crippen molar-refractivity contribution in [2.45, 2.75) is 24.7 Å². The number of benzene rings is 3. The Hall–Kier alpha value is -3.84. The van der Waals surface area contributed by atoms with Crippen LogP contribution in [0.1, 0.15) is 62.1 Å². The first-order valence-electron chi connectivity index (χ1n) is 9.64. The largest absolute Gasteiger partial charge is 0.478 e. The Morgan fingerprint density at radius 1 is 0.733 bits per heavy atom. The van der Waals surface area contributed by atoms with Gasteiger partial charge < -0.3 is 10.2 Å². The standard InChI is InChI=1S/C26H22O4/c1-2-6-23(18-9-13-21(14-10-18)25(27)28)17-24(19-7-4-3-5-8-19)20-11-15-22(16-12-20)26(29)30/h1,3-5,7-16,23-24H,6,17H2,(H,27,28)(H,29,30). The van der Waals surface area contributed by atoms with E-state index in [0.29, 0.717) is 12.8 Å². The third-order valence-electron chi connectivity index (χ3n) is 5.28. The number of aromatic carboxylic acids is 2. The third kappa shape index (κ3) is 4.95. The number of carboxylic acid groups (broad SMARTS) is 2. The fourth-order valence-corrected chi connectivity index (χ4v) is 3.67. The molecule has 0 aromatic heterocycles. The number of hydrogen-bond acceptors (Lipinski definition) is 2. The molecule has 3 rings (SSSR count). The molecule has 0 spiro atoms. The van der Waals surface area contributed by atoms with Crippen LogP contribution < -0.4 is 0 Å². The first kappa shape index (κ1) is 20.9. The van der Waals surface area contributed by atoms with Gasteiger partial charge in [0.1, 0.15) is 0 Å². The molecule has 2 unspecified atom stereocenters. The maximum atomic E-state index is 11.2. The molecule has 30 heavy (non-hydrogen) atoms. The average molecular weight is 398 g/mol. The zero-order chi connectivity index (χ0) is 21.5. The molecule has 150 valence electrons. The van der Waals surface area contributed by atoms with Crippen LogP contribution in [0.4, 0.5) is 0 Å². The second-order valence-electron chi connectivity index (χ2n) is 7.16. The van der Waals surface area contributed by atoms with Gasteiger partial charge >= 0.3 is 11.9 Å². The molecule has 3 aromatic carbocycles. The Bertz CT molecular complexity index is 1040. The van der Waals surface area contributed by atoms with E-state index in [1.807, 2.05) is 42.5 Å². The zero-order valence-electron chi connectivity index (χ0n) is 16.4. The van der Waals surface area contributed by atoms with Crippen LogP contribution in [0.5, 0.6) is 0 Å². The first-order valence-corrected chi connectivity index (χ1v) is 9.64. The summed E-state index contributed by atoms with van der Waals surface area (Å²) >= 11 is 0. The molecule has 0 amide bonds. The summed E-state index contributed by atoms with van der Waals surface area (Å²) in [5.74, 6) is 0.873. The van der Waals surface area contributed by atoms with Crippen molar-refractivity contribution in [2.24, 2.45) is 0 Å². The van der Waals surface area contributed by atoms with Crippen LogP contribution in [0.15, 0.2) is 78.9 Å². The van der Waals surface area contributed by atoms with Crippen molar-refractivity contribution in [1.82, 2.24) is 0 Å². The second kappa shape index (κ2) is 9.58. The zero-order valence-corrected chi connectivity index (χ0v) is 16.4. The van der Waals surface area contributed by atoms with Gasteiger partial charge in [0.25, 0.3) is 0 Å². The van der Waals surface area contributed by atoms with Gasteiger partial charge in [-0.25, -0.2) is 9.59 Å². The number of carboxylic acids is 2. The molecule has 0 radical (unpaired) electrons. The van der Waals surface area contributed by atoms with Gasteiger partial charge in [-0.2, -0.15) is 0 Å². The van der Waals surface area contributed by atoms with Gasteiger partial charge in [-0.1, -0.05) is 54.6 Å². The van der Waals surface area contributed by atoms with Crippen molar-refractivity contribution in [3.05, 3.63) is 107 Å². The minimum absolute atomic E-state index is 0.0199. The molecular formula is C26H22O4. The van der Waals surface area contributed by atoms with Gasteiger partial charge in [-0.05, 0) is 53.3 Å². The quantitative estimate of drug-likeness (QED) is 0.498. The topological polar surface area (TPSA) is 74.6 Å². The summed E-state index contributed by atoms with van der Waals surface area (Å²) in [7, 11) is 0. The van der Waals surface area contributed by atoms with Crippen LogP contribution in [0, 0.1) is 12.3 Å². The molecular weight excluding hydrogens is 376 g/mol. The van der Waals surface area contributed by atoms with Crippen LogP contribution >= 0.6 is 0 Å². The molecule has 0 saturated heterocycles. The van der Waals surface area contributed by atoms with Crippen molar-refractivity contribution >= 4 is 11.9 Å². The van der Waals surface area contributed by atoms with Gasteiger partial charge in [-0.15, -0.1) is 12.3 Å². The fraction of sp³-hybridized carbons (Fsp3) is 0.154. The lowest BCUT2D eigenvalue weighted by atomic mass is 9.79. The van der Waals surface area contributed by atoms with E-state index in [2.05, 4.69) is 18.1 Å². The van der Waals surface area contributed by atoms with E-state index in [0.717, 1.165) is 16.7 Å². The molecule has 0 aliphatic heterocycles. The Morgan fingerprint density at radius 3 is 1.67 bits per heavy atom. The van der Waals surface area contributed by atoms with E-state index in [1.165, 1.54) is 0 Å². The third-order valence-corrected chi connectivity index (χ3v) is 5.28. The fourth-order valence-electron chi connectivity index (χ4n) is 3.67. The van der Waals surface area contributed by atoms with Gasteiger partial charge in [0.15, 0.2) is 0 Å². The lowest BCUT2D eigenvalue weighted by molar-refractivity contribution is 0.0686. The van der Waals surface area contributed by atoms with E-state index >= 15 is 0 Å². The summed E-state index contributed by atoms with van der Waals surface area (Å²) in [5.41, 5.74) is 3.60. The molecule has 0 heterocycles. The molecule has 4 heteroatoms. The average Bonchev–Trinajstić information content (AvgIpc) is 2.77. The summed E-state index contributed by atoms with van der Waals surface area (Å²) in [6, 6.07) is 23.8. The number of carbonyl (C=O) groups is 2. The number of terminal acetylenes is 1. The Kier molecular flexibility index (Phi) is 6.67. The van der Waals surface area contributed by atoms with Crippen molar-refractivity contribution in [3.63, 3.8) is 0 Å². The SMILES string of the molecule is C#CCC(CC(c1ccccc1)c1ccc(C(=O)O)cc1)c1ccc(C(=O)O)cc1. The molecule has 0 fully saturated rings. The molecule has 0 aliphatic rings. The smallest absolute Gasteiger partial charge is 0.335 e. The predicted molar refractivity (Wildman–Crippen MR) is 116 cm³/mol. The van der Waals surface area contributed by atoms with Gasteiger partial charge in [0.2, 0.25) is 0 Å². The number of rotatable bonds is 8. The summed E-state index contributed by atoms with van der Waals surface area (Å²) in [5, 5.41) is 18.3. The highest BCUT2D eigenvalue weighted by molar-refractivity contribution is 5.88. The Balaban J connectivity index is 1.96. The molecule has 0 saturated carbocycles.